The number of carbonyl (C=O) groups is 1. The van der Waals surface area contributed by atoms with Gasteiger partial charge >= 0.3 is 5.97 Å². The zero-order chi connectivity index (χ0) is 31.8. The molecule has 0 aromatic rings. The van der Waals surface area contributed by atoms with Gasteiger partial charge in [-0.2, -0.15) is 0 Å². The van der Waals surface area contributed by atoms with Gasteiger partial charge in [0, 0.05) is 37.9 Å². The van der Waals surface area contributed by atoms with Crippen molar-refractivity contribution in [3.8, 4) is 0 Å². The molecule has 0 unspecified atom stereocenters. The van der Waals surface area contributed by atoms with Gasteiger partial charge in [0.2, 0.25) is 0 Å². The maximum Gasteiger partial charge on any atom is 0.305 e. The SMILES string of the molecule is [2H]C([2H])([2H])C([2H])([2H])C([2H])([2H])C([2H])([2H])C([2H])([2H])C([2H])([2H])C([2H])([2H])C([2H])([2H])C([2H])([2H])C([2H])([2H])C([2H])([2H])C(=O)OC. The zero-order valence-corrected chi connectivity index (χ0v) is 7.82. The Morgan fingerprint density at radius 3 is 2.13 bits per heavy atom. The van der Waals surface area contributed by atoms with Gasteiger partial charge in [-0.3, -0.25) is 4.79 Å². The summed E-state index contributed by atoms with van der Waals surface area (Å²) in [5, 5.41) is 0. The molecule has 0 bridgehead atoms. The Hall–Kier alpha value is -0.530. The Bertz CT molecular complexity index is 895. The van der Waals surface area contributed by atoms with Crippen molar-refractivity contribution in [3.05, 3.63) is 0 Å². The van der Waals surface area contributed by atoms with E-state index in [-0.39, 0.29) is 0 Å². The second-order valence-corrected chi connectivity index (χ2v) is 1.74. The summed E-state index contributed by atoms with van der Waals surface area (Å²) < 4.78 is 182. The molecule has 0 heterocycles. The van der Waals surface area contributed by atoms with Gasteiger partial charge in [-0.25, -0.2) is 0 Å². The van der Waals surface area contributed by atoms with Gasteiger partial charge in [0.1, 0.15) is 0 Å². The fourth-order valence-electron chi connectivity index (χ4n) is 0.352. The number of carbonyl (C=O) groups excluding carboxylic acids is 1. The smallest absolute Gasteiger partial charge is 0.305 e. The lowest BCUT2D eigenvalue weighted by Gasteiger charge is -2.01. The Balaban J connectivity index is 7.26. The third-order valence-electron chi connectivity index (χ3n) is 0.850. The van der Waals surface area contributed by atoms with Gasteiger partial charge in [0.05, 0.1) is 7.11 Å². The first-order valence-corrected chi connectivity index (χ1v) is 3.57. The van der Waals surface area contributed by atoms with E-state index in [0.29, 0.717) is 7.11 Å². The van der Waals surface area contributed by atoms with Crippen molar-refractivity contribution in [1.29, 1.82) is 0 Å². The number of ether oxygens (including phenoxy) is 1. The normalized spacial score (nSPS) is 43.4. The summed E-state index contributed by atoms with van der Waals surface area (Å²) in [6.07, 6.45) is -45.4. The van der Waals surface area contributed by atoms with Crippen LogP contribution >= 0.6 is 0 Å². The van der Waals surface area contributed by atoms with E-state index in [4.69, 9.17) is 31.5 Å². The lowest BCUT2D eigenvalue weighted by atomic mass is 10.1. The summed E-state index contributed by atoms with van der Waals surface area (Å²) in [7, 11) is 0.556. The standard InChI is InChI=1S/C13H26O2/c1-3-4-5-6-7-8-9-10-11-12-13(14)15-2/h3-12H2,1-2H3/i1D3,3D2,4D2,5D2,6D2,7D2,8D2,9D2,10D2,11D2,12D2. The predicted octanol–water partition coefficient (Wildman–Crippen LogP) is 4.08. The van der Waals surface area contributed by atoms with E-state index >= 15 is 0 Å². The molecule has 0 rings (SSSR count). The van der Waals surface area contributed by atoms with Crippen LogP contribution < -0.4 is 0 Å². The average Bonchev–Trinajstić information content (AvgIpc) is 2.70. The highest BCUT2D eigenvalue weighted by atomic mass is 16.5. The van der Waals surface area contributed by atoms with Crippen LogP contribution in [0.15, 0.2) is 0 Å². The van der Waals surface area contributed by atoms with Crippen molar-refractivity contribution in [2.45, 2.75) is 70.6 Å². The fraction of sp³-hybridized carbons (Fsp3) is 0.923. The van der Waals surface area contributed by atoms with Crippen molar-refractivity contribution in [2.75, 3.05) is 7.11 Å². The monoisotopic (exact) mass is 237 g/mol. The Kier molecular flexibility index (Phi) is 1.52. The van der Waals surface area contributed by atoms with E-state index < -0.39 is 76.6 Å². The second kappa shape index (κ2) is 11.5. The molecule has 0 N–H and O–H groups in total. The van der Waals surface area contributed by atoms with Gasteiger partial charge in [-0.15, -0.1) is 0 Å². The minimum absolute atomic E-state index is 0.556. The minimum atomic E-state index is -4.77. The molecular weight excluding hydrogens is 188 g/mol. The maximum atomic E-state index is 11.7. The molecule has 0 aliphatic rings. The largest absolute Gasteiger partial charge is 0.469 e. The zero-order valence-electron chi connectivity index (χ0n) is 30.8. The number of hydrogen-bond donors (Lipinski definition) is 0. The molecule has 0 aromatic heterocycles. The van der Waals surface area contributed by atoms with Crippen LogP contribution in [0.3, 0.4) is 0 Å². The van der Waals surface area contributed by atoms with Gasteiger partial charge in [-0.05, 0) is 6.37 Å². The lowest BCUT2D eigenvalue weighted by molar-refractivity contribution is -0.140. The van der Waals surface area contributed by atoms with E-state index in [1.165, 1.54) is 0 Å². The molecule has 0 spiro atoms. The Labute approximate surface area is 127 Å². The molecule has 0 saturated carbocycles. The van der Waals surface area contributed by atoms with Crippen molar-refractivity contribution in [2.24, 2.45) is 0 Å². The summed E-state index contributed by atoms with van der Waals surface area (Å²) in [5.41, 5.74) is 0. The van der Waals surface area contributed by atoms with Crippen LogP contribution in [0.1, 0.15) is 102 Å². The van der Waals surface area contributed by atoms with Crippen LogP contribution in [0.2, 0.25) is 0 Å². The third-order valence-corrected chi connectivity index (χ3v) is 0.850. The molecule has 0 aliphatic carbocycles. The first kappa shape index (κ1) is 1.97. The highest BCUT2D eigenvalue weighted by molar-refractivity contribution is 5.68. The molecule has 0 fully saturated rings. The van der Waals surface area contributed by atoms with Gasteiger partial charge in [-0.1, -0.05) is 57.8 Å². The van der Waals surface area contributed by atoms with Crippen molar-refractivity contribution in [1.82, 2.24) is 0 Å². The molecule has 15 heavy (non-hydrogen) atoms. The highest BCUT2D eigenvalue weighted by Gasteiger charge is 1.98. The molecule has 0 saturated heterocycles. The molecule has 90 valence electrons. The minimum Gasteiger partial charge on any atom is -0.469 e. The van der Waals surface area contributed by atoms with Crippen LogP contribution in [0, 0.1) is 0 Å². The molecule has 0 amide bonds. The molecule has 0 aliphatic heterocycles. The van der Waals surface area contributed by atoms with Crippen LogP contribution in [0.25, 0.3) is 0 Å². The van der Waals surface area contributed by atoms with E-state index in [0.717, 1.165) is 0 Å². The fourth-order valence-corrected chi connectivity index (χ4v) is 0.352. The molecule has 2 nitrogen and oxygen atoms in total. The average molecular weight is 237 g/mol. The second-order valence-electron chi connectivity index (χ2n) is 1.74. The molecule has 0 aromatic carbocycles. The molecule has 0 atom stereocenters. The van der Waals surface area contributed by atoms with Crippen LogP contribution in [0.5, 0.6) is 0 Å². The summed E-state index contributed by atoms with van der Waals surface area (Å²) >= 11 is 0. The number of rotatable bonds is 10. The highest BCUT2D eigenvalue weighted by Crippen LogP contribution is 2.10. The first-order chi connectivity index (χ1) is 16.0. The summed E-state index contributed by atoms with van der Waals surface area (Å²) in [6, 6.07) is 0. The van der Waals surface area contributed by atoms with Crippen molar-refractivity contribution in [3.63, 3.8) is 0 Å². The lowest BCUT2D eigenvalue weighted by Crippen LogP contribution is -1.99. The van der Waals surface area contributed by atoms with Gasteiger partial charge < -0.3 is 4.74 Å². The number of methoxy groups -OCH3 is 1. The topological polar surface area (TPSA) is 26.3 Å². The summed E-state index contributed by atoms with van der Waals surface area (Å²) in [6.45, 7) is -3.98. The van der Waals surface area contributed by atoms with E-state index in [1.54, 1.807) is 0 Å². The van der Waals surface area contributed by atoms with Gasteiger partial charge in [0.25, 0.3) is 0 Å². The third kappa shape index (κ3) is 11.4. The molecule has 0 radical (unpaired) electrons. The number of hydrogen-bond acceptors (Lipinski definition) is 2. The van der Waals surface area contributed by atoms with Crippen LogP contribution in [-0.4, -0.2) is 13.1 Å². The summed E-state index contributed by atoms with van der Waals surface area (Å²) in [4.78, 5) is 11.7. The molecular formula is C13H26O2. The van der Waals surface area contributed by atoms with Crippen LogP contribution in [-0.2, 0) is 9.53 Å². The quantitative estimate of drug-likeness (QED) is 0.535. The van der Waals surface area contributed by atoms with Crippen LogP contribution in [0.4, 0.5) is 0 Å². The van der Waals surface area contributed by atoms with Gasteiger partial charge in [0.15, 0.2) is 0 Å². The summed E-state index contributed by atoms with van der Waals surface area (Å²) in [5.74, 6) is -2.09. The van der Waals surface area contributed by atoms with E-state index in [2.05, 4.69) is 4.74 Å². The first-order valence-electron chi connectivity index (χ1n) is 15.1. The van der Waals surface area contributed by atoms with E-state index in [9.17, 15) is 4.79 Å². The number of esters is 1. The molecule has 2 heteroatoms. The van der Waals surface area contributed by atoms with Crippen molar-refractivity contribution < 1.29 is 41.1 Å². The van der Waals surface area contributed by atoms with Crippen molar-refractivity contribution >= 4 is 5.97 Å². The van der Waals surface area contributed by atoms with E-state index in [1.807, 2.05) is 0 Å². The maximum absolute atomic E-state index is 11.7. The Morgan fingerprint density at radius 1 is 1.07 bits per heavy atom. The Morgan fingerprint density at radius 2 is 1.60 bits per heavy atom. The predicted molar refractivity (Wildman–Crippen MR) is 63.9 cm³/mol.